The van der Waals surface area contributed by atoms with Crippen LogP contribution in [0.1, 0.15) is 24.3 Å². The van der Waals surface area contributed by atoms with Crippen LogP contribution in [-0.2, 0) is 4.74 Å². The summed E-state index contributed by atoms with van der Waals surface area (Å²) < 4.78 is 5.14. The standard InChI is InChI=1S/C13H17Cl2NO/c1-17-9-16-6-4-10(5-7-16)11-2-3-12(14)13(15)8-11/h2-3,8,10H,4-7,9H2,1H3. The number of ether oxygens (including phenoxy) is 1. The molecule has 1 aromatic rings. The SMILES string of the molecule is COCN1CCC(c2ccc(Cl)c(Cl)c2)CC1. The second kappa shape index (κ2) is 6.05. The quantitative estimate of drug-likeness (QED) is 0.831. The van der Waals surface area contributed by atoms with Crippen LogP contribution in [0.5, 0.6) is 0 Å². The smallest absolute Gasteiger partial charge is 0.0986 e. The minimum absolute atomic E-state index is 0.595. The van der Waals surface area contributed by atoms with Gasteiger partial charge in [0.1, 0.15) is 0 Å². The molecule has 2 nitrogen and oxygen atoms in total. The molecule has 1 heterocycles. The summed E-state index contributed by atoms with van der Waals surface area (Å²) >= 11 is 12.0. The molecule has 1 fully saturated rings. The van der Waals surface area contributed by atoms with Crippen LogP contribution >= 0.6 is 23.2 Å². The lowest BCUT2D eigenvalue weighted by molar-refractivity contribution is 0.0467. The second-order valence-electron chi connectivity index (χ2n) is 4.48. The number of rotatable bonds is 3. The van der Waals surface area contributed by atoms with E-state index in [4.69, 9.17) is 27.9 Å². The Morgan fingerprint density at radius 3 is 2.53 bits per heavy atom. The molecule has 0 bridgehead atoms. The van der Waals surface area contributed by atoms with Gasteiger partial charge in [-0.1, -0.05) is 29.3 Å². The Bertz CT molecular complexity index is 376. The Morgan fingerprint density at radius 1 is 1.24 bits per heavy atom. The predicted molar refractivity (Wildman–Crippen MR) is 71.9 cm³/mol. The first-order chi connectivity index (χ1) is 8.20. The minimum atomic E-state index is 0.595. The molecular weight excluding hydrogens is 257 g/mol. The van der Waals surface area contributed by atoms with E-state index in [0.717, 1.165) is 32.7 Å². The highest BCUT2D eigenvalue weighted by molar-refractivity contribution is 6.42. The fourth-order valence-electron chi connectivity index (χ4n) is 2.34. The van der Waals surface area contributed by atoms with E-state index in [-0.39, 0.29) is 0 Å². The molecule has 0 aliphatic carbocycles. The Hall–Kier alpha value is -0.280. The Morgan fingerprint density at radius 2 is 1.94 bits per heavy atom. The molecule has 17 heavy (non-hydrogen) atoms. The van der Waals surface area contributed by atoms with Gasteiger partial charge in [-0.25, -0.2) is 0 Å². The van der Waals surface area contributed by atoms with Crippen molar-refractivity contribution in [3.8, 4) is 0 Å². The van der Waals surface area contributed by atoms with Crippen molar-refractivity contribution < 1.29 is 4.74 Å². The van der Waals surface area contributed by atoms with Crippen molar-refractivity contribution >= 4 is 23.2 Å². The minimum Gasteiger partial charge on any atom is -0.369 e. The van der Waals surface area contributed by atoms with Crippen LogP contribution in [0.15, 0.2) is 18.2 Å². The highest BCUT2D eigenvalue weighted by Gasteiger charge is 2.20. The van der Waals surface area contributed by atoms with E-state index >= 15 is 0 Å². The lowest BCUT2D eigenvalue weighted by Crippen LogP contribution is -2.34. The molecule has 0 N–H and O–H groups in total. The van der Waals surface area contributed by atoms with E-state index in [1.54, 1.807) is 7.11 Å². The normalized spacial score (nSPS) is 18.5. The van der Waals surface area contributed by atoms with Gasteiger partial charge < -0.3 is 4.74 Å². The molecule has 1 aromatic carbocycles. The molecule has 4 heteroatoms. The van der Waals surface area contributed by atoms with E-state index in [1.807, 2.05) is 12.1 Å². The van der Waals surface area contributed by atoms with Crippen molar-refractivity contribution in [2.24, 2.45) is 0 Å². The number of hydrogen-bond acceptors (Lipinski definition) is 2. The maximum absolute atomic E-state index is 6.05. The molecule has 94 valence electrons. The summed E-state index contributed by atoms with van der Waals surface area (Å²) in [6, 6.07) is 5.98. The average Bonchev–Trinajstić information content (AvgIpc) is 2.34. The van der Waals surface area contributed by atoms with Gasteiger partial charge in [0.15, 0.2) is 0 Å². The first kappa shape index (κ1) is 13.2. The molecule has 1 aliphatic rings. The Kier molecular flexibility index (Phi) is 4.69. The Labute approximate surface area is 112 Å². The number of halogens is 2. The number of likely N-dealkylation sites (tertiary alicyclic amines) is 1. The van der Waals surface area contributed by atoms with Crippen LogP contribution in [0.3, 0.4) is 0 Å². The van der Waals surface area contributed by atoms with E-state index in [1.165, 1.54) is 5.56 Å². The summed E-state index contributed by atoms with van der Waals surface area (Å²) in [4.78, 5) is 2.33. The highest BCUT2D eigenvalue weighted by Crippen LogP contribution is 2.32. The van der Waals surface area contributed by atoms with Gasteiger partial charge in [-0.3, -0.25) is 4.90 Å². The molecule has 0 atom stereocenters. The third-order valence-electron chi connectivity index (χ3n) is 3.31. The summed E-state index contributed by atoms with van der Waals surface area (Å²) in [5.41, 5.74) is 1.30. The van der Waals surface area contributed by atoms with Crippen LogP contribution in [0.25, 0.3) is 0 Å². The van der Waals surface area contributed by atoms with Crippen LogP contribution in [0.4, 0.5) is 0 Å². The maximum Gasteiger partial charge on any atom is 0.0986 e. The van der Waals surface area contributed by atoms with E-state index in [2.05, 4.69) is 11.0 Å². The third kappa shape index (κ3) is 3.35. The summed E-state index contributed by atoms with van der Waals surface area (Å²) in [5.74, 6) is 0.595. The first-order valence-corrected chi connectivity index (χ1v) is 6.62. The van der Waals surface area contributed by atoms with Crippen molar-refractivity contribution in [3.05, 3.63) is 33.8 Å². The largest absolute Gasteiger partial charge is 0.369 e. The Balaban J connectivity index is 1.98. The zero-order chi connectivity index (χ0) is 12.3. The maximum atomic E-state index is 6.05. The number of hydrogen-bond donors (Lipinski definition) is 0. The lowest BCUT2D eigenvalue weighted by Gasteiger charge is -2.31. The number of piperidine rings is 1. The molecule has 0 unspecified atom stereocenters. The van der Waals surface area contributed by atoms with Gasteiger partial charge in [-0.2, -0.15) is 0 Å². The topological polar surface area (TPSA) is 12.5 Å². The van der Waals surface area contributed by atoms with Crippen molar-refractivity contribution in [1.29, 1.82) is 0 Å². The summed E-state index contributed by atoms with van der Waals surface area (Å²) in [5, 5.41) is 1.29. The van der Waals surface area contributed by atoms with Gasteiger partial charge in [0.2, 0.25) is 0 Å². The van der Waals surface area contributed by atoms with Crippen molar-refractivity contribution in [2.45, 2.75) is 18.8 Å². The molecule has 1 aliphatic heterocycles. The third-order valence-corrected chi connectivity index (χ3v) is 4.05. The average molecular weight is 274 g/mol. The molecule has 0 aromatic heterocycles. The van der Waals surface area contributed by atoms with Gasteiger partial charge in [0, 0.05) is 20.2 Å². The fourth-order valence-corrected chi connectivity index (χ4v) is 2.65. The summed E-state index contributed by atoms with van der Waals surface area (Å²) in [6.07, 6.45) is 2.31. The second-order valence-corrected chi connectivity index (χ2v) is 5.30. The van der Waals surface area contributed by atoms with E-state index in [0.29, 0.717) is 16.0 Å². The van der Waals surface area contributed by atoms with Gasteiger partial charge in [-0.15, -0.1) is 0 Å². The molecule has 1 saturated heterocycles. The van der Waals surface area contributed by atoms with Gasteiger partial charge >= 0.3 is 0 Å². The van der Waals surface area contributed by atoms with Crippen molar-refractivity contribution in [1.82, 2.24) is 4.90 Å². The number of nitrogens with zero attached hydrogens (tertiary/aromatic N) is 1. The van der Waals surface area contributed by atoms with Gasteiger partial charge in [0.05, 0.1) is 16.8 Å². The van der Waals surface area contributed by atoms with Crippen LogP contribution in [-0.4, -0.2) is 31.8 Å². The number of methoxy groups -OCH3 is 1. The zero-order valence-electron chi connectivity index (χ0n) is 9.96. The zero-order valence-corrected chi connectivity index (χ0v) is 11.5. The molecule has 0 amide bonds. The lowest BCUT2D eigenvalue weighted by atomic mass is 9.90. The highest BCUT2D eigenvalue weighted by atomic mass is 35.5. The summed E-state index contributed by atoms with van der Waals surface area (Å²) in [6.45, 7) is 2.89. The van der Waals surface area contributed by atoms with Crippen LogP contribution in [0.2, 0.25) is 10.0 Å². The molecular formula is C13H17Cl2NO. The first-order valence-electron chi connectivity index (χ1n) is 5.87. The van der Waals surface area contributed by atoms with Gasteiger partial charge in [-0.05, 0) is 36.5 Å². The van der Waals surface area contributed by atoms with Gasteiger partial charge in [0.25, 0.3) is 0 Å². The monoisotopic (exact) mass is 273 g/mol. The predicted octanol–water partition coefficient (Wildman–Crippen LogP) is 3.78. The van der Waals surface area contributed by atoms with E-state index in [9.17, 15) is 0 Å². The van der Waals surface area contributed by atoms with Crippen LogP contribution in [0, 0.1) is 0 Å². The molecule has 2 rings (SSSR count). The van der Waals surface area contributed by atoms with Crippen molar-refractivity contribution in [3.63, 3.8) is 0 Å². The molecule has 0 spiro atoms. The molecule has 0 saturated carbocycles. The number of benzene rings is 1. The fraction of sp³-hybridized carbons (Fsp3) is 0.538. The van der Waals surface area contributed by atoms with Crippen molar-refractivity contribution in [2.75, 3.05) is 26.9 Å². The molecule has 0 radical (unpaired) electrons. The van der Waals surface area contributed by atoms with Crippen LogP contribution < -0.4 is 0 Å². The summed E-state index contributed by atoms with van der Waals surface area (Å²) in [7, 11) is 1.74. The van der Waals surface area contributed by atoms with E-state index < -0.39 is 0 Å².